The number of carbonyl (C=O) groups excluding carboxylic acids is 2. The molecule has 2 aromatic carbocycles. The first kappa shape index (κ1) is 21.3. The van der Waals surface area contributed by atoms with Crippen molar-refractivity contribution in [2.45, 2.75) is 13.0 Å². The number of carbonyl (C=O) groups is 2. The fourth-order valence-electron chi connectivity index (χ4n) is 2.47. The number of sulfonamides is 1. The first-order chi connectivity index (χ1) is 13.1. The molecular weight excluding hydrogens is 392 g/mol. The summed E-state index contributed by atoms with van der Waals surface area (Å²) in [7, 11) is -3.50. The third-order valence-corrected chi connectivity index (χ3v) is 4.28. The lowest BCUT2D eigenvalue weighted by atomic mass is 10.1. The Morgan fingerprint density at radius 2 is 1.79 bits per heavy atom. The molecule has 3 N–H and O–H groups in total. The van der Waals surface area contributed by atoms with Gasteiger partial charge in [0.25, 0.3) is 5.91 Å². The van der Waals surface area contributed by atoms with E-state index >= 15 is 0 Å². The van der Waals surface area contributed by atoms with Crippen LogP contribution in [0.25, 0.3) is 0 Å². The minimum Gasteiger partial charge on any atom is -0.348 e. The van der Waals surface area contributed by atoms with Gasteiger partial charge in [-0.1, -0.05) is 18.2 Å². The van der Waals surface area contributed by atoms with Crippen LogP contribution in [0.1, 0.15) is 28.9 Å². The van der Waals surface area contributed by atoms with E-state index in [1.807, 2.05) is 0 Å². The Kier molecular flexibility index (Phi) is 6.68. The van der Waals surface area contributed by atoms with E-state index in [4.69, 9.17) is 0 Å². The summed E-state index contributed by atoms with van der Waals surface area (Å²) in [5.74, 6) is -3.29. The van der Waals surface area contributed by atoms with Crippen LogP contribution < -0.4 is 15.4 Å². The highest BCUT2D eigenvalue weighted by Crippen LogP contribution is 2.23. The summed E-state index contributed by atoms with van der Waals surface area (Å²) in [6.45, 7) is 1.20. The van der Waals surface area contributed by atoms with Crippen molar-refractivity contribution < 1.29 is 26.8 Å². The molecule has 0 heterocycles. The molecule has 10 heteroatoms. The van der Waals surface area contributed by atoms with E-state index in [9.17, 15) is 26.8 Å². The standard InChI is InChI=1S/C18H19F2N3O4S/c1-11(13-5-3-4-6-16(13)23-28(2,26)27)22-17(24)10-21-18(25)14-8-7-12(19)9-15(14)20/h3-9,11,23H,10H2,1-2H3,(H,21,25)(H,22,24). The molecule has 0 saturated carbocycles. The highest BCUT2D eigenvalue weighted by Gasteiger charge is 2.17. The van der Waals surface area contributed by atoms with Crippen LogP contribution in [-0.4, -0.2) is 33.0 Å². The molecule has 1 unspecified atom stereocenters. The highest BCUT2D eigenvalue weighted by molar-refractivity contribution is 7.92. The van der Waals surface area contributed by atoms with Gasteiger partial charge in [0.2, 0.25) is 15.9 Å². The van der Waals surface area contributed by atoms with Gasteiger partial charge >= 0.3 is 0 Å². The molecule has 0 aliphatic heterocycles. The second-order valence-electron chi connectivity index (χ2n) is 6.06. The molecule has 7 nitrogen and oxygen atoms in total. The predicted molar refractivity (Wildman–Crippen MR) is 100 cm³/mol. The number of anilines is 1. The summed E-state index contributed by atoms with van der Waals surface area (Å²) in [4.78, 5) is 24.0. The second kappa shape index (κ2) is 8.79. The van der Waals surface area contributed by atoms with Crippen molar-refractivity contribution in [2.75, 3.05) is 17.5 Å². The topological polar surface area (TPSA) is 104 Å². The Bertz CT molecular complexity index is 996. The molecule has 0 saturated heterocycles. The van der Waals surface area contributed by atoms with E-state index in [-0.39, 0.29) is 5.56 Å². The number of benzene rings is 2. The average Bonchev–Trinajstić information content (AvgIpc) is 2.58. The van der Waals surface area contributed by atoms with E-state index in [2.05, 4.69) is 15.4 Å². The lowest BCUT2D eigenvalue weighted by Crippen LogP contribution is -2.38. The summed E-state index contributed by atoms with van der Waals surface area (Å²) in [6, 6.07) is 8.44. The molecule has 0 radical (unpaired) electrons. The fraction of sp³-hybridized carbons (Fsp3) is 0.222. The zero-order chi connectivity index (χ0) is 20.9. The van der Waals surface area contributed by atoms with Crippen LogP contribution in [-0.2, 0) is 14.8 Å². The molecular formula is C18H19F2N3O4S. The Balaban J connectivity index is 1.99. The van der Waals surface area contributed by atoms with Gasteiger partial charge in [-0.3, -0.25) is 14.3 Å². The van der Waals surface area contributed by atoms with Crippen LogP contribution in [0.4, 0.5) is 14.5 Å². The van der Waals surface area contributed by atoms with E-state index in [1.165, 1.54) is 0 Å². The number of halogens is 2. The lowest BCUT2D eigenvalue weighted by molar-refractivity contribution is -0.120. The van der Waals surface area contributed by atoms with Gasteiger partial charge in [0.05, 0.1) is 30.1 Å². The quantitative estimate of drug-likeness (QED) is 0.648. The maximum Gasteiger partial charge on any atom is 0.254 e. The van der Waals surface area contributed by atoms with Crippen LogP contribution in [0.15, 0.2) is 42.5 Å². The van der Waals surface area contributed by atoms with E-state index in [0.29, 0.717) is 17.3 Å². The first-order valence-corrected chi connectivity index (χ1v) is 10.1. The maximum absolute atomic E-state index is 13.6. The zero-order valence-corrected chi connectivity index (χ0v) is 15.9. The summed E-state index contributed by atoms with van der Waals surface area (Å²) in [6.07, 6.45) is 1.01. The Morgan fingerprint density at radius 3 is 2.43 bits per heavy atom. The molecule has 2 rings (SSSR count). The van der Waals surface area contributed by atoms with Gasteiger partial charge in [0.15, 0.2) is 0 Å². The van der Waals surface area contributed by atoms with Gasteiger partial charge in [0.1, 0.15) is 11.6 Å². The molecule has 0 spiro atoms. The van der Waals surface area contributed by atoms with Crippen molar-refractivity contribution in [3.05, 3.63) is 65.2 Å². The van der Waals surface area contributed by atoms with Gasteiger partial charge in [-0.2, -0.15) is 0 Å². The molecule has 0 bridgehead atoms. The Morgan fingerprint density at radius 1 is 1.11 bits per heavy atom. The SMILES string of the molecule is CC(NC(=O)CNC(=O)c1ccc(F)cc1F)c1ccccc1NS(C)(=O)=O. The molecule has 2 aromatic rings. The molecule has 150 valence electrons. The predicted octanol–water partition coefficient (Wildman–Crippen LogP) is 1.94. The molecule has 0 aromatic heterocycles. The summed E-state index contributed by atoms with van der Waals surface area (Å²) in [5, 5.41) is 4.85. The highest BCUT2D eigenvalue weighted by atomic mass is 32.2. The van der Waals surface area contributed by atoms with Crippen LogP contribution in [0.5, 0.6) is 0 Å². The van der Waals surface area contributed by atoms with Crippen LogP contribution >= 0.6 is 0 Å². The van der Waals surface area contributed by atoms with Crippen molar-refractivity contribution >= 4 is 27.5 Å². The largest absolute Gasteiger partial charge is 0.348 e. The summed E-state index contributed by atoms with van der Waals surface area (Å²) < 4.78 is 51.7. The number of hydrogen-bond donors (Lipinski definition) is 3. The number of para-hydroxylation sites is 1. The minimum atomic E-state index is -3.50. The fourth-order valence-corrected chi connectivity index (χ4v) is 3.05. The number of hydrogen-bond acceptors (Lipinski definition) is 4. The summed E-state index contributed by atoms with van der Waals surface area (Å²) in [5.41, 5.74) is 0.456. The first-order valence-electron chi connectivity index (χ1n) is 8.16. The Hall–Kier alpha value is -3.01. The van der Waals surface area contributed by atoms with Crippen LogP contribution in [0, 0.1) is 11.6 Å². The molecule has 2 amide bonds. The van der Waals surface area contributed by atoms with Crippen molar-refractivity contribution in [1.82, 2.24) is 10.6 Å². The maximum atomic E-state index is 13.6. The third kappa shape index (κ3) is 6.02. The molecule has 28 heavy (non-hydrogen) atoms. The van der Waals surface area contributed by atoms with Gasteiger partial charge in [-0.15, -0.1) is 0 Å². The monoisotopic (exact) mass is 411 g/mol. The molecule has 0 aliphatic carbocycles. The van der Waals surface area contributed by atoms with Gasteiger partial charge in [0, 0.05) is 6.07 Å². The third-order valence-electron chi connectivity index (χ3n) is 3.69. The van der Waals surface area contributed by atoms with Crippen LogP contribution in [0.2, 0.25) is 0 Å². The number of rotatable bonds is 7. The van der Waals surface area contributed by atoms with E-state index in [0.717, 1.165) is 18.4 Å². The van der Waals surface area contributed by atoms with Crippen molar-refractivity contribution in [1.29, 1.82) is 0 Å². The molecule has 0 aliphatic rings. The van der Waals surface area contributed by atoms with Gasteiger partial charge < -0.3 is 10.6 Å². The summed E-state index contributed by atoms with van der Waals surface area (Å²) >= 11 is 0. The number of amides is 2. The van der Waals surface area contributed by atoms with Crippen LogP contribution in [0.3, 0.4) is 0 Å². The van der Waals surface area contributed by atoms with Gasteiger partial charge in [-0.05, 0) is 30.7 Å². The van der Waals surface area contributed by atoms with Crippen molar-refractivity contribution in [2.24, 2.45) is 0 Å². The number of nitrogens with one attached hydrogen (secondary N) is 3. The minimum absolute atomic E-state index is 0.315. The van der Waals surface area contributed by atoms with E-state index in [1.54, 1.807) is 31.2 Å². The van der Waals surface area contributed by atoms with E-state index < -0.39 is 46.1 Å². The van der Waals surface area contributed by atoms with Crippen molar-refractivity contribution in [3.8, 4) is 0 Å². The normalized spacial score (nSPS) is 12.1. The zero-order valence-electron chi connectivity index (χ0n) is 15.1. The Labute approximate surface area is 161 Å². The van der Waals surface area contributed by atoms with Gasteiger partial charge in [-0.25, -0.2) is 17.2 Å². The molecule has 0 fully saturated rings. The molecule has 1 atom stereocenters. The second-order valence-corrected chi connectivity index (χ2v) is 7.81. The average molecular weight is 411 g/mol. The smallest absolute Gasteiger partial charge is 0.254 e. The lowest BCUT2D eigenvalue weighted by Gasteiger charge is -2.18. The van der Waals surface area contributed by atoms with Crippen molar-refractivity contribution in [3.63, 3.8) is 0 Å².